The van der Waals surface area contributed by atoms with E-state index in [-0.39, 0.29) is 23.2 Å². The van der Waals surface area contributed by atoms with Crippen molar-refractivity contribution in [3.63, 3.8) is 0 Å². The van der Waals surface area contributed by atoms with E-state index in [1.165, 1.54) is 0 Å². The molecule has 0 aromatic rings. The molecule has 1 amide bonds. The molecular weight excluding hydrogens is 220 g/mol. The van der Waals surface area contributed by atoms with E-state index in [0.717, 1.165) is 32.1 Å². The molecule has 0 unspecified atom stereocenters. The second-order valence-corrected chi connectivity index (χ2v) is 5.59. The van der Waals surface area contributed by atoms with E-state index in [1.807, 2.05) is 0 Å². The average Bonchev–Trinajstić information content (AvgIpc) is 3.01. The Balaban J connectivity index is 1.84. The van der Waals surface area contributed by atoms with Gasteiger partial charge in [0.05, 0.1) is 11.8 Å². The van der Waals surface area contributed by atoms with Crippen LogP contribution >= 0.6 is 0 Å². The number of nitrogens with one attached hydrogen (secondary N) is 1. The normalized spacial score (nSPS) is 23.6. The lowest BCUT2D eigenvalue weighted by atomic mass is 9.66. The van der Waals surface area contributed by atoms with E-state index in [4.69, 9.17) is 10.8 Å². The third kappa shape index (κ3) is 2.44. The monoisotopic (exact) mass is 240 g/mol. The van der Waals surface area contributed by atoms with Crippen LogP contribution in [0.15, 0.2) is 0 Å². The van der Waals surface area contributed by atoms with Gasteiger partial charge in [-0.05, 0) is 31.1 Å². The highest BCUT2D eigenvalue weighted by molar-refractivity contribution is 5.85. The van der Waals surface area contributed by atoms with Crippen molar-refractivity contribution in [1.82, 2.24) is 5.32 Å². The largest absolute Gasteiger partial charge is 0.481 e. The van der Waals surface area contributed by atoms with Crippen molar-refractivity contribution < 1.29 is 14.7 Å². The summed E-state index contributed by atoms with van der Waals surface area (Å²) in [7, 11) is 0. The summed E-state index contributed by atoms with van der Waals surface area (Å²) in [4.78, 5) is 22.7. The molecule has 2 saturated carbocycles. The Bertz CT molecular complexity index is 333. The van der Waals surface area contributed by atoms with Crippen LogP contribution in [-0.2, 0) is 9.59 Å². The Morgan fingerprint density at radius 3 is 2.24 bits per heavy atom. The fraction of sp³-hybridized carbons (Fsp3) is 0.833. The molecule has 5 nitrogen and oxygen atoms in total. The van der Waals surface area contributed by atoms with Crippen LogP contribution in [0.1, 0.15) is 38.5 Å². The molecule has 2 rings (SSSR count). The summed E-state index contributed by atoms with van der Waals surface area (Å²) in [5, 5.41) is 11.8. The van der Waals surface area contributed by atoms with Gasteiger partial charge in [0.2, 0.25) is 5.91 Å². The minimum atomic E-state index is -0.779. The lowest BCUT2D eigenvalue weighted by Crippen LogP contribution is -2.46. The zero-order chi connectivity index (χ0) is 12.5. The number of amides is 1. The summed E-state index contributed by atoms with van der Waals surface area (Å²) >= 11 is 0. The molecule has 2 aliphatic carbocycles. The minimum Gasteiger partial charge on any atom is -0.481 e. The third-order valence-electron chi connectivity index (χ3n) is 4.29. The number of nitrogens with two attached hydrogens (primary N) is 1. The molecule has 0 aromatic heterocycles. The van der Waals surface area contributed by atoms with Gasteiger partial charge in [-0.15, -0.1) is 0 Å². The van der Waals surface area contributed by atoms with Gasteiger partial charge in [0.15, 0.2) is 0 Å². The van der Waals surface area contributed by atoms with Crippen molar-refractivity contribution in [3.8, 4) is 0 Å². The lowest BCUT2D eigenvalue weighted by Gasteiger charge is -2.41. The van der Waals surface area contributed by atoms with Gasteiger partial charge in [0, 0.05) is 13.1 Å². The molecular formula is C12H20N2O3. The van der Waals surface area contributed by atoms with Crippen molar-refractivity contribution in [2.75, 3.05) is 13.1 Å². The summed E-state index contributed by atoms with van der Waals surface area (Å²) in [6, 6.07) is 0. The molecule has 0 saturated heterocycles. The second kappa shape index (κ2) is 4.29. The molecule has 0 aliphatic heterocycles. The van der Waals surface area contributed by atoms with E-state index in [0.29, 0.717) is 13.1 Å². The van der Waals surface area contributed by atoms with Gasteiger partial charge in [0.25, 0.3) is 0 Å². The number of hydrogen-bond donors (Lipinski definition) is 3. The van der Waals surface area contributed by atoms with Crippen LogP contribution in [0.2, 0.25) is 0 Å². The standard InChI is InChI=1S/C12H20N2O3/c13-7-12(4-5-12)10(17)14-8-11(2-1-3-11)6-9(15)16/h1-8,13H2,(H,14,17)(H,15,16). The molecule has 0 atom stereocenters. The van der Waals surface area contributed by atoms with E-state index >= 15 is 0 Å². The number of carbonyl (C=O) groups is 2. The molecule has 17 heavy (non-hydrogen) atoms. The van der Waals surface area contributed by atoms with Crippen LogP contribution in [0.25, 0.3) is 0 Å². The van der Waals surface area contributed by atoms with E-state index in [2.05, 4.69) is 5.32 Å². The minimum absolute atomic E-state index is 0.0108. The first-order chi connectivity index (χ1) is 8.02. The topological polar surface area (TPSA) is 92.4 Å². The molecule has 0 aromatic carbocycles. The molecule has 2 fully saturated rings. The van der Waals surface area contributed by atoms with Gasteiger partial charge in [-0.25, -0.2) is 0 Å². The fourth-order valence-electron chi connectivity index (χ4n) is 2.54. The summed E-state index contributed by atoms with van der Waals surface area (Å²) < 4.78 is 0. The number of carbonyl (C=O) groups excluding carboxylic acids is 1. The number of carboxylic acids is 1. The lowest BCUT2D eigenvalue weighted by molar-refractivity contribution is -0.142. The quantitative estimate of drug-likeness (QED) is 0.630. The first-order valence-electron chi connectivity index (χ1n) is 6.22. The molecule has 5 heteroatoms. The first-order valence-corrected chi connectivity index (χ1v) is 6.22. The van der Waals surface area contributed by atoms with Crippen molar-refractivity contribution in [2.24, 2.45) is 16.6 Å². The van der Waals surface area contributed by atoms with Crippen LogP contribution in [0.4, 0.5) is 0 Å². The number of rotatable bonds is 6. The predicted molar refractivity (Wildman–Crippen MR) is 62.3 cm³/mol. The van der Waals surface area contributed by atoms with Crippen molar-refractivity contribution in [2.45, 2.75) is 38.5 Å². The summed E-state index contributed by atoms with van der Waals surface area (Å²) in [5.74, 6) is -0.768. The van der Waals surface area contributed by atoms with Crippen LogP contribution in [0.3, 0.4) is 0 Å². The van der Waals surface area contributed by atoms with E-state index in [1.54, 1.807) is 0 Å². The third-order valence-corrected chi connectivity index (χ3v) is 4.29. The van der Waals surface area contributed by atoms with Gasteiger partial charge in [-0.1, -0.05) is 6.42 Å². The maximum absolute atomic E-state index is 11.9. The van der Waals surface area contributed by atoms with Crippen LogP contribution in [0.5, 0.6) is 0 Å². The molecule has 0 radical (unpaired) electrons. The highest BCUT2D eigenvalue weighted by Crippen LogP contribution is 2.46. The van der Waals surface area contributed by atoms with Crippen LogP contribution in [-0.4, -0.2) is 30.1 Å². The van der Waals surface area contributed by atoms with Crippen molar-refractivity contribution in [3.05, 3.63) is 0 Å². The molecule has 2 aliphatic rings. The van der Waals surface area contributed by atoms with Gasteiger partial charge >= 0.3 is 5.97 Å². The van der Waals surface area contributed by atoms with Gasteiger partial charge in [-0.3, -0.25) is 9.59 Å². The molecule has 0 spiro atoms. The molecule has 0 heterocycles. The van der Waals surface area contributed by atoms with E-state index in [9.17, 15) is 9.59 Å². The summed E-state index contributed by atoms with van der Waals surface area (Å²) in [6.45, 7) is 0.880. The zero-order valence-electron chi connectivity index (χ0n) is 10.00. The summed E-state index contributed by atoms with van der Waals surface area (Å²) in [5.41, 5.74) is 5.04. The Morgan fingerprint density at radius 2 is 1.88 bits per heavy atom. The molecule has 0 bridgehead atoms. The SMILES string of the molecule is NCC1(C(=O)NCC2(CC(=O)O)CCC2)CC1. The number of aliphatic carboxylic acids is 1. The highest BCUT2D eigenvalue weighted by atomic mass is 16.4. The predicted octanol–water partition coefficient (Wildman–Crippen LogP) is 0.486. The Labute approximate surface area is 101 Å². The van der Waals surface area contributed by atoms with E-state index < -0.39 is 5.97 Å². The smallest absolute Gasteiger partial charge is 0.303 e. The Kier molecular flexibility index (Phi) is 3.12. The number of carboxylic acid groups (broad SMARTS) is 1. The molecule has 96 valence electrons. The Hall–Kier alpha value is -1.10. The van der Waals surface area contributed by atoms with Gasteiger partial charge in [0.1, 0.15) is 0 Å². The zero-order valence-corrected chi connectivity index (χ0v) is 10.00. The van der Waals surface area contributed by atoms with Crippen LogP contribution < -0.4 is 11.1 Å². The fourth-order valence-corrected chi connectivity index (χ4v) is 2.54. The summed E-state index contributed by atoms with van der Waals surface area (Å²) in [6.07, 6.45) is 4.74. The molecule has 4 N–H and O–H groups in total. The first kappa shape index (κ1) is 12.4. The average molecular weight is 240 g/mol. The van der Waals surface area contributed by atoms with Gasteiger partial charge < -0.3 is 16.2 Å². The number of hydrogen-bond acceptors (Lipinski definition) is 3. The maximum atomic E-state index is 11.9. The Morgan fingerprint density at radius 1 is 1.24 bits per heavy atom. The second-order valence-electron chi connectivity index (χ2n) is 5.59. The highest BCUT2D eigenvalue weighted by Gasteiger charge is 2.49. The maximum Gasteiger partial charge on any atom is 0.303 e. The van der Waals surface area contributed by atoms with Gasteiger partial charge in [-0.2, -0.15) is 0 Å². The van der Waals surface area contributed by atoms with Crippen molar-refractivity contribution >= 4 is 11.9 Å². The van der Waals surface area contributed by atoms with Crippen LogP contribution in [0, 0.1) is 10.8 Å². The van der Waals surface area contributed by atoms with Crippen molar-refractivity contribution in [1.29, 1.82) is 0 Å².